The molecule has 1 heteroatoms. The standard InChI is InChI=1S/C11H19B/c1-9-5-4-6-11(10(9)2)7-8-12-3/h9-12H,4-6H2,1-3H3. The van der Waals surface area contributed by atoms with Gasteiger partial charge in [-0.3, -0.25) is 0 Å². The lowest BCUT2D eigenvalue weighted by molar-refractivity contribution is 0.226. The second-order valence-corrected chi connectivity index (χ2v) is 4.05. The van der Waals surface area contributed by atoms with Gasteiger partial charge in [-0.1, -0.05) is 33.5 Å². The highest BCUT2D eigenvalue weighted by molar-refractivity contribution is 6.44. The van der Waals surface area contributed by atoms with Crippen LogP contribution < -0.4 is 0 Å². The summed E-state index contributed by atoms with van der Waals surface area (Å²) in [5.74, 6) is 9.01. The number of hydrogen-bond acceptors (Lipinski definition) is 0. The van der Waals surface area contributed by atoms with Crippen LogP contribution in [0.25, 0.3) is 0 Å². The van der Waals surface area contributed by atoms with Crippen molar-refractivity contribution < 1.29 is 0 Å². The normalized spacial score (nSPS) is 35.1. The summed E-state index contributed by atoms with van der Waals surface area (Å²) >= 11 is 0. The van der Waals surface area contributed by atoms with E-state index in [2.05, 4.69) is 32.4 Å². The first-order chi connectivity index (χ1) is 5.75. The molecule has 1 aliphatic rings. The fourth-order valence-electron chi connectivity index (χ4n) is 2.02. The van der Waals surface area contributed by atoms with Gasteiger partial charge in [0.25, 0.3) is 0 Å². The van der Waals surface area contributed by atoms with Crippen molar-refractivity contribution in [3.8, 4) is 11.7 Å². The lowest BCUT2D eigenvalue weighted by atomic mass is 9.73. The maximum atomic E-state index is 3.40. The summed E-state index contributed by atoms with van der Waals surface area (Å²) in [5.41, 5.74) is 0. The van der Waals surface area contributed by atoms with Crippen LogP contribution >= 0.6 is 0 Å². The van der Waals surface area contributed by atoms with Crippen molar-refractivity contribution in [2.45, 2.75) is 39.9 Å². The molecule has 0 bridgehead atoms. The van der Waals surface area contributed by atoms with Gasteiger partial charge in [-0.25, -0.2) is 0 Å². The molecule has 0 aliphatic heterocycles. The Morgan fingerprint density at radius 2 is 2.00 bits per heavy atom. The van der Waals surface area contributed by atoms with Crippen molar-refractivity contribution in [3.05, 3.63) is 0 Å². The van der Waals surface area contributed by atoms with Crippen LogP contribution in [0.1, 0.15) is 33.1 Å². The summed E-state index contributed by atoms with van der Waals surface area (Å²) in [6.07, 6.45) is 4.12. The van der Waals surface area contributed by atoms with Crippen LogP contribution in [0.15, 0.2) is 0 Å². The first-order valence-corrected chi connectivity index (χ1v) is 5.24. The van der Waals surface area contributed by atoms with Crippen molar-refractivity contribution in [1.29, 1.82) is 0 Å². The third-order valence-electron chi connectivity index (χ3n) is 3.17. The zero-order valence-electron chi connectivity index (χ0n) is 8.56. The van der Waals surface area contributed by atoms with E-state index in [0.717, 1.165) is 19.1 Å². The third-order valence-corrected chi connectivity index (χ3v) is 3.17. The Hall–Kier alpha value is -0.375. The molecule has 1 aliphatic carbocycles. The van der Waals surface area contributed by atoms with Gasteiger partial charge >= 0.3 is 0 Å². The Kier molecular flexibility index (Phi) is 3.72. The van der Waals surface area contributed by atoms with Crippen LogP contribution in [0.5, 0.6) is 0 Å². The molecule has 0 aromatic heterocycles. The summed E-state index contributed by atoms with van der Waals surface area (Å²) in [7, 11) is 1.01. The van der Waals surface area contributed by atoms with Crippen LogP contribution in [0.4, 0.5) is 0 Å². The number of hydrogen-bond donors (Lipinski definition) is 0. The van der Waals surface area contributed by atoms with E-state index in [0.29, 0.717) is 5.92 Å². The Labute approximate surface area is 77.4 Å². The molecule has 1 rings (SSSR count). The van der Waals surface area contributed by atoms with E-state index in [1.54, 1.807) is 0 Å². The Bertz CT molecular complexity index is 187. The van der Waals surface area contributed by atoms with E-state index in [1.807, 2.05) is 0 Å². The van der Waals surface area contributed by atoms with Crippen molar-refractivity contribution in [1.82, 2.24) is 0 Å². The summed E-state index contributed by atoms with van der Waals surface area (Å²) in [4.78, 5) is 0. The molecule has 0 saturated heterocycles. The fourth-order valence-corrected chi connectivity index (χ4v) is 2.02. The third kappa shape index (κ3) is 2.30. The summed E-state index contributed by atoms with van der Waals surface area (Å²) in [5, 5.41) is 0. The minimum atomic E-state index is 0.689. The average Bonchev–Trinajstić information content (AvgIpc) is 2.08. The molecule has 0 heterocycles. The maximum Gasteiger partial charge on any atom is 0.210 e. The number of rotatable bonds is 0. The van der Waals surface area contributed by atoms with Crippen LogP contribution in [0, 0.1) is 29.5 Å². The van der Waals surface area contributed by atoms with E-state index in [1.165, 1.54) is 19.3 Å². The summed E-state index contributed by atoms with van der Waals surface area (Å²) in [6.45, 7) is 6.85. The molecular weight excluding hydrogens is 143 g/mol. The van der Waals surface area contributed by atoms with Crippen LogP contribution in [-0.4, -0.2) is 7.28 Å². The van der Waals surface area contributed by atoms with Gasteiger partial charge < -0.3 is 0 Å². The van der Waals surface area contributed by atoms with Gasteiger partial charge in [-0.2, -0.15) is 5.82 Å². The van der Waals surface area contributed by atoms with Crippen molar-refractivity contribution in [2.24, 2.45) is 17.8 Å². The largest absolute Gasteiger partial charge is 0.210 e. The van der Waals surface area contributed by atoms with Gasteiger partial charge in [-0.15, -0.1) is 5.92 Å². The molecule has 0 amide bonds. The molecule has 66 valence electrons. The highest BCUT2D eigenvalue weighted by Crippen LogP contribution is 2.33. The molecule has 0 nitrogen and oxygen atoms in total. The van der Waals surface area contributed by atoms with E-state index in [4.69, 9.17) is 0 Å². The average molecular weight is 162 g/mol. The van der Waals surface area contributed by atoms with Gasteiger partial charge in [0.1, 0.15) is 0 Å². The second-order valence-electron chi connectivity index (χ2n) is 4.05. The van der Waals surface area contributed by atoms with Crippen LogP contribution in [-0.2, 0) is 0 Å². The first-order valence-electron chi connectivity index (χ1n) is 5.24. The van der Waals surface area contributed by atoms with Crippen molar-refractivity contribution in [3.63, 3.8) is 0 Å². The summed E-state index contributed by atoms with van der Waals surface area (Å²) in [6, 6.07) is 0. The molecule has 12 heavy (non-hydrogen) atoms. The maximum absolute atomic E-state index is 3.40. The van der Waals surface area contributed by atoms with Gasteiger partial charge in [0, 0.05) is 5.92 Å². The van der Waals surface area contributed by atoms with Crippen LogP contribution in [0.2, 0.25) is 6.82 Å². The van der Waals surface area contributed by atoms with Gasteiger partial charge in [0.15, 0.2) is 0 Å². The monoisotopic (exact) mass is 162 g/mol. The molecule has 1 saturated carbocycles. The Morgan fingerprint density at radius 1 is 1.25 bits per heavy atom. The smallest absolute Gasteiger partial charge is 0.160 e. The quantitative estimate of drug-likeness (QED) is 0.379. The Balaban J connectivity index is 2.51. The van der Waals surface area contributed by atoms with E-state index >= 15 is 0 Å². The predicted molar refractivity (Wildman–Crippen MR) is 56.5 cm³/mol. The molecule has 3 atom stereocenters. The minimum Gasteiger partial charge on any atom is -0.160 e. The minimum absolute atomic E-state index is 0.689. The van der Waals surface area contributed by atoms with Crippen molar-refractivity contribution >= 4 is 7.28 Å². The lowest BCUT2D eigenvalue weighted by Crippen LogP contribution is -2.22. The SMILES string of the molecule is CBC#CC1CCCC(C)C1C. The molecule has 3 unspecified atom stereocenters. The van der Waals surface area contributed by atoms with Crippen LogP contribution in [0.3, 0.4) is 0 Å². The van der Waals surface area contributed by atoms with Crippen molar-refractivity contribution in [2.75, 3.05) is 0 Å². The highest BCUT2D eigenvalue weighted by Gasteiger charge is 2.25. The molecule has 0 aromatic carbocycles. The topological polar surface area (TPSA) is 0 Å². The van der Waals surface area contributed by atoms with E-state index < -0.39 is 0 Å². The second kappa shape index (κ2) is 4.60. The predicted octanol–water partition coefficient (Wildman–Crippen LogP) is 2.50. The molecule has 1 fully saturated rings. The molecule has 0 radical (unpaired) electrons. The van der Waals surface area contributed by atoms with Gasteiger partial charge in [-0.05, 0) is 18.3 Å². The zero-order chi connectivity index (χ0) is 8.97. The fraction of sp³-hybridized carbons (Fsp3) is 0.818. The molecular formula is C11H19B. The van der Waals surface area contributed by atoms with Gasteiger partial charge in [0.05, 0.1) is 0 Å². The molecule has 0 aromatic rings. The molecule has 0 spiro atoms. The van der Waals surface area contributed by atoms with E-state index in [9.17, 15) is 0 Å². The Morgan fingerprint density at radius 3 is 2.67 bits per heavy atom. The lowest BCUT2D eigenvalue weighted by Gasteiger charge is -2.30. The van der Waals surface area contributed by atoms with Gasteiger partial charge in [0.2, 0.25) is 7.28 Å². The zero-order valence-corrected chi connectivity index (χ0v) is 8.56. The summed E-state index contributed by atoms with van der Waals surface area (Å²) < 4.78 is 0. The molecule has 0 N–H and O–H groups in total. The first kappa shape index (κ1) is 9.71. The van der Waals surface area contributed by atoms with E-state index in [-0.39, 0.29) is 0 Å². The highest BCUT2D eigenvalue weighted by atomic mass is 14.3.